The van der Waals surface area contributed by atoms with Crippen molar-refractivity contribution in [1.82, 2.24) is 0 Å². The van der Waals surface area contributed by atoms with Crippen molar-refractivity contribution >= 4 is 17.2 Å². The first-order valence-electron chi connectivity index (χ1n) is 11.1. The second-order valence-corrected chi connectivity index (χ2v) is 9.26. The highest BCUT2D eigenvalue weighted by Crippen LogP contribution is 2.37. The van der Waals surface area contributed by atoms with E-state index < -0.39 is 0 Å². The van der Waals surface area contributed by atoms with E-state index in [2.05, 4.69) is 71.0 Å². The molecule has 1 aliphatic carbocycles. The molecule has 0 spiro atoms. The lowest BCUT2D eigenvalue weighted by Gasteiger charge is -2.28. The summed E-state index contributed by atoms with van der Waals surface area (Å²) in [5.41, 5.74) is 4.09. The Hall–Kier alpha value is -1.01. The summed E-state index contributed by atoms with van der Waals surface area (Å²) in [4.78, 5) is 0. The fourth-order valence-electron chi connectivity index (χ4n) is 4.36. The Labute approximate surface area is 173 Å². The van der Waals surface area contributed by atoms with Crippen molar-refractivity contribution in [2.75, 3.05) is 0 Å². The number of hydrogen-bond donors (Lipinski definition) is 0. The third-order valence-corrected chi connectivity index (χ3v) is 6.83. The standard InChI is InChI=1S/C26H39Cl/c1-6-9-22(13-12-20(5)19(3)4)26(7-2)23-16-14-21(15-17-23)24-10-8-11-25(27)18-24/h10,14-20,22,26H,6-9,11-13H2,1-5H3. The molecule has 0 N–H and O–H groups in total. The van der Waals surface area contributed by atoms with Gasteiger partial charge in [-0.1, -0.05) is 95.8 Å². The molecule has 0 aromatic heterocycles. The van der Waals surface area contributed by atoms with Crippen LogP contribution in [0, 0.1) is 17.8 Å². The summed E-state index contributed by atoms with van der Waals surface area (Å²) >= 11 is 6.24. The van der Waals surface area contributed by atoms with E-state index in [9.17, 15) is 0 Å². The molecule has 0 amide bonds. The molecule has 1 heteroatoms. The smallest absolute Gasteiger partial charge is 0.0190 e. The highest BCUT2D eigenvalue weighted by atomic mass is 35.5. The van der Waals surface area contributed by atoms with Crippen LogP contribution in [0.4, 0.5) is 0 Å². The predicted octanol–water partition coefficient (Wildman–Crippen LogP) is 8.97. The Morgan fingerprint density at radius 2 is 1.67 bits per heavy atom. The molecule has 2 rings (SSSR count). The van der Waals surface area contributed by atoms with Crippen molar-refractivity contribution < 1.29 is 0 Å². The second-order valence-electron chi connectivity index (χ2n) is 8.77. The first-order valence-corrected chi connectivity index (χ1v) is 11.5. The lowest BCUT2D eigenvalue weighted by molar-refractivity contribution is 0.296. The Bertz CT molecular complexity index is 620. The third kappa shape index (κ3) is 6.53. The molecule has 0 saturated heterocycles. The Morgan fingerprint density at radius 3 is 2.22 bits per heavy atom. The maximum Gasteiger partial charge on any atom is 0.0190 e. The van der Waals surface area contributed by atoms with E-state index >= 15 is 0 Å². The molecular weight excluding hydrogens is 348 g/mol. The second kappa shape index (κ2) is 11.1. The molecule has 0 saturated carbocycles. The van der Waals surface area contributed by atoms with Gasteiger partial charge in [0.15, 0.2) is 0 Å². The van der Waals surface area contributed by atoms with Gasteiger partial charge in [0.25, 0.3) is 0 Å². The summed E-state index contributed by atoms with van der Waals surface area (Å²) < 4.78 is 0. The molecular formula is C26H39Cl. The van der Waals surface area contributed by atoms with Gasteiger partial charge in [-0.25, -0.2) is 0 Å². The van der Waals surface area contributed by atoms with E-state index in [4.69, 9.17) is 11.6 Å². The minimum atomic E-state index is 0.679. The molecule has 27 heavy (non-hydrogen) atoms. The summed E-state index contributed by atoms with van der Waals surface area (Å²) in [6.07, 6.45) is 13.0. The predicted molar refractivity (Wildman–Crippen MR) is 122 cm³/mol. The average Bonchev–Trinajstić information content (AvgIpc) is 2.66. The lowest BCUT2D eigenvalue weighted by atomic mass is 9.77. The van der Waals surface area contributed by atoms with Gasteiger partial charge in [-0.2, -0.15) is 0 Å². The average molecular weight is 387 g/mol. The van der Waals surface area contributed by atoms with Gasteiger partial charge in [-0.3, -0.25) is 0 Å². The van der Waals surface area contributed by atoms with E-state index in [-0.39, 0.29) is 0 Å². The molecule has 0 fully saturated rings. The van der Waals surface area contributed by atoms with Crippen LogP contribution in [0.5, 0.6) is 0 Å². The molecule has 1 aromatic carbocycles. The van der Waals surface area contributed by atoms with Crippen LogP contribution in [0.25, 0.3) is 5.57 Å². The summed E-state index contributed by atoms with van der Waals surface area (Å²) in [6, 6.07) is 9.34. The summed E-state index contributed by atoms with van der Waals surface area (Å²) in [5, 5.41) is 0.977. The third-order valence-electron chi connectivity index (χ3n) is 6.53. The molecule has 0 nitrogen and oxygen atoms in total. The van der Waals surface area contributed by atoms with Gasteiger partial charge in [0.2, 0.25) is 0 Å². The Kier molecular flexibility index (Phi) is 9.16. The van der Waals surface area contributed by atoms with Crippen LogP contribution in [0.3, 0.4) is 0 Å². The molecule has 0 bridgehead atoms. The molecule has 150 valence electrons. The molecule has 1 aliphatic rings. The molecule has 0 aliphatic heterocycles. The van der Waals surface area contributed by atoms with Crippen molar-refractivity contribution in [3.05, 3.63) is 52.6 Å². The van der Waals surface area contributed by atoms with E-state index in [1.165, 1.54) is 48.8 Å². The molecule has 1 aromatic rings. The Morgan fingerprint density at radius 1 is 0.963 bits per heavy atom. The zero-order valence-corrected chi connectivity index (χ0v) is 18.9. The van der Waals surface area contributed by atoms with Gasteiger partial charge in [0.05, 0.1) is 0 Å². The van der Waals surface area contributed by atoms with Gasteiger partial charge in [0.1, 0.15) is 0 Å². The molecule has 0 heterocycles. The number of hydrogen-bond acceptors (Lipinski definition) is 0. The van der Waals surface area contributed by atoms with Crippen LogP contribution in [0.2, 0.25) is 0 Å². The molecule has 0 radical (unpaired) electrons. The van der Waals surface area contributed by atoms with Crippen LogP contribution >= 0.6 is 11.6 Å². The van der Waals surface area contributed by atoms with E-state index in [0.29, 0.717) is 5.92 Å². The molecule has 3 unspecified atom stereocenters. The van der Waals surface area contributed by atoms with Crippen molar-refractivity contribution in [3.63, 3.8) is 0 Å². The number of halogens is 1. The topological polar surface area (TPSA) is 0 Å². The quantitative estimate of drug-likeness (QED) is 0.376. The number of benzene rings is 1. The minimum Gasteiger partial charge on any atom is -0.0891 e. The zero-order chi connectivity index (χ0) is 19.8. The van der Waals surface area contributed by atoms with Crippen molar-refractivity contribution in [1.29, 1.82) is 0 Å². The zero-order valence-electron chi connectivity index (χ0n) is 18.1. The van der Waals surface area contributed by atoms with Gasteiger partial charge in [-0.05, 0) is 72.1 Å². The fraction of sp³-hybridized carbons (Fsp3) is 0.615. The first-order chi connectivity index (χ1) is 13.0. The largest absolute Gasteiger partial charge is 0.0891 e. The minimum absolute atomic E-state index is 0.679. The SMILES string of the molecule is CCCC(CCC(C)C(C)C)C(CC)c1ccc(C2=CCCC(Cl)=C2)cc1. The summed E-state index contributed by atoms with van der Waals surface area (Å²) in [7, 11) is 0. The van der Waals surface area contributed by atoms with Crippen LogP contribution in [-0.4, -0.2) is 0 Å². The van der Waals surface area contributed by atoms with Gasteiger partial charge in [0, 0.05) is 5.03 Å². The van der Waals surface area contributed by atoms with Crippen LogP contribution in [0.1, 0.15) is 96.6 Å². The molecule has 3 atom stereocenters. The van der Waals surface area contributed by atoms with Gasteiger partial charge >= 0.3 is 0 Å². The van der Waals surface area contributed by atoms with Crippen molar-refractivity contribution in [2.24, 2.45) is 17.8 Å². The summed E-state index contributed by atoms with van der Waals surface area (Å²) in [5.74, 6) is 3.09. The number of rotatable bonds is 10. The monoisotopic (exact) mass is 386 g/mol. The highest BCUT2D eigenvalue weighted by molar-refractivity contribution is 6.30. The van der Waals surface area contributed by atoms with Crippen LogP contribution in [-0.2, 0) is 0 Å². The first kappa shape index (κ1) is 22.3. The van der Waals surface area contributed by atoms with Gasteiger partial charge < -0.3 is 0 Å². The van der Waals surface area contributed by atoms with E-state index in [0.717, 1.165) is 35.6 Å². The van der Waals surface area contributed by atoms with Gasteiger partial charge in [-0.15, -0.1) is 0 Å². The van der Waals surface area contributed by atoms with Crippen LogP contribution < -0.4 is 0 Å². The van der Waals surface area contributed by atoms with Crippen molar-refractivity contribution in [3.8, 4) is 0 Å². The lowest BCUT2D eigenvalue weighted by Crippen LogP contribution is -2.15. The maximum absolute atomic E-state index is 6.24. The van der Waals surface area contributed by atoms with E-state index in [1.807, 2.05) is 0 Å². The van der Waals surface area contributed by atoms with Crippen LogP contribution in [0.15, 0.2) is 41.4 Å². The van der Waals surface area contributed by atoms with E-state index in [1.54, 1.807) is 0 Å². The maximum atomic E-state index is 6.24. The number of allylic oxidation sites excluding steroid dienone is 4. The highest BCUT2D eigenvalue weighted by Gasteiger charge is 2.22. The normalized spacial score (nSPS) is 18.0. The Balaban J connectivity index is 2.12. The van der Waals surface area contributed by atoms with Crippen molar-refractivity contribution in [2.45, 2.75) is 85.5 Å². The summed E-state index contributed by atoms with van der Waals surface area (Å²) in [6.45, 7) is 11.8. The fourth-order valence-corrected chi connectivity index (χ4v) is 4.58.